The molecule has 4 aromatic heterocycles. The van der Waals surface area contributed by atoms with Gasteiger partial charge in [-0.25, -0.2) is 14.8 Å². The second-order valence-corrected chi connectivity index (χ2v) is 15.0. The van der Waals surface area contributed by atoms with E-state index in [1.54, 1.807) is 17.6 Å². The third-order valence-corrected chi connectivity index (χ3v) is 10.9. The number of aliphatic hydroxyl groups excluding tert-OH is 1. The number of amides is 1. The van der Waals surface area contributed by atoms with E-state index in [1.807, 2.05) is 12.1 Å². The predicted octanol–water partition coefficient (Wildman–Crippen LogP) is 5.98. The summed E-state index contributed by atoms with van der Waals surface area (Å²) in [6.45, 7) is 9.32. The summed E-state index contributed by atoms with van der Waals surface area (Å²) in [6.07, 6.45) is 6.77. The highest BCUT2D eigenvalue weighted by atomic mass is 32.1. The number of aliphatic hydroxyl groups is 1. The quantitative estimate of drug-likeness (QED) is 0.216. The molecule has 0 radical (unpaired) electrons. The molecule has 2 aliphatic rings. The summed E-state index contributed by atoms with van der Waals surface area (Å²) in [4.78, 5) is 42.6. The summed E-state index contributed by atoms with van der Waals surface area (Å²) in [5, 5.41) is 24.6. The van der Waals surface area contributed by atoms with Crippen LogP contribution in [0.1, 0.15) is 88.8 Å². The molecule has 6 rings (SSSR count). The highest BCUT2D eigenvalue weighted by Gasteiger charge is 2.30. The minimum atomic E-state index is -0.954. The van der Waals surface area contributed by atoms with Gasteiger partial charge in [-0.1, -0.05) is 38.2 Å². The molecule has 3 N–H and O–H groups in total. The number of aromatic nitrogens is 3. The van der Waals surface area contributed by atoms with E-state index in [1.165, 1.54) is 28.2 Å². The Kier molecular flexibility index (Phi) is 8.83. The van der Waals surface area contributed by atoms with Gasteiger partial charge < -0.3 is 20.4 Å². The second-order valence-electron chi connectivity index (χ2n) is 13.1. The zero-order valence-corrected chi connectivity index (χ0v) is 27.0. The molecule has 1 saturated heterocycles. The number of thiazole rings is 1. The van der Waals surface area contributed by atoms with Gasteiger partial charge in [-0.15, -0.1) is 11.3 Å². The molecule has 4 aromatic rings. The number of nitrogens with zero attached hydrogens (tertiary/aromatic N) is 4. The largest absolute Gasteiger partial charge is 0.477 e. The van der Waals surface area contributed by atoms with Crippen molar-refractivity contribution < 1.29 is 19.8 Å². The number of thiophene rings is 1. The van der Waals surface area contributed by atoms with Crippen molar-refractivity contribution in [1.82, 2.24) is 25.2 Å². The Morgan fingerprint density at radius 2 is 1.93 bits per heavy atom. The van der Waals surface area contributed by atoms with Gasteiger partial charge >= 0.3 is 5.97 Å². The molecule has 0 spiro atoms. The van der Waals surface area contributed by atoms with Crippen molar-refractivity contribution in [2.45, 2.75) is 71.4 Å². The van der Waals surface area contributed by atoms with Crippen LogP contribution < -0.4 is 5.32 Å². The summed E-state index contributed by atoms with van der Waals surface area (Å²) in [5.74, 6) is -0.589. The van der Waals surface area contributed by atoms with E-state index >= 15 is 0 Å². The van der Waals surface area contributed by atoms with E-state index in [4.69, 9.17) is 9.97 Å². The first-order valence-corrected chi connectivity index (χ1v) is 17.0. The molecular weight excluding hydrogens is 595 g/mol. The van der Waals surface area contributed by atoms with Crippen LogP contribution in [0.2, 0.25) is 0 Å². The highest BCUT2D eigenvalue weighted by molar-refractivity contribution is 7.19. The third-order valence-electron chi connectivity index (χ3n) is 9.06. The Morgan fingerprint density at radius 1 is 1.14 bits per heavy atom. The van der Waals surface area contributed by atoms with Crippen LogP contribution in [0.4, 0.5) is 0 Å². The molecule has 5 heterocycles. The fraction of sp³-hybridized carbons (Fsp3) is 0.485. The van der Waals surface area contributed by atoms with Crippen molar-refractivity contribution in [3.8, 4) is 11.3 Å². The van der Waals surface area contributed by atoms with Crippen LogP contribution in [0.5, 0.6) is 0 Å². The number of rotatable bonds is 8. The van der Waals surface area contributed by atoms with Crippen molar-refractivity contribution in [1.29, 1.82) is 0 Å². The molecule has 2 atom stereocenters. The van der Waals surface area contributed by atoms with Gasteiger partial charge in [-0.2, -0.15) is 0 Å². The lowest BCUT2D eigenvalue weighted by Gasteiger charge is -2.34. The average molecular weight is 634 g/mol. The van der Waals surface area contributed by atoms with Gasteiger partial charge in [0.05, 0.1) is 17.8 Å². The minimum absolute atomic E-state index is 0.231. The van der Waals surface area contributed by atoms with Gasteiger partial charge in [0.15, 0.2) is 5.01 Å². The van der Waals surface area contributed by atoms with Crippen LogP contribution in [-0.2, 0) is 12.8 Å². The van der Waals surface area contributed by atoms with E-state index in [0.29, 0.717) is 23.0 Å². The van der Waals surface area contributed by atoms with Gasteiger partial charge in [-0.3, -0.25) is 9.78 Å². The fourth-order valence-corrected chi connectivity index (χ4v) is 7.79. The number of hydrogen-bond acceptors (Lipinski definition) is 9. The van der Waals surface area contributed by atoms with Crippen LogP contribution in [0.3, 0.4) is 0 Å². The number of pyridine rings is 2. The number of hydrogen-bond donors (Lipinski definition) is 3. The Balaban J connectivity index is 1.21. The highest BCUT2D eigenvalue weighted by Crippen LogP contribution is 2.38. The lowest BCUT2D eigenvalue weighted by Crippen LogP contribution is -2.38. The minimum Gasteiger partial charge on any atom is -0.477 e. The summed E-state index contributed by atoms with van der Waals surface area (Å²) in [6, 6.07) is 7.28. The number of carboxylic acids is 1. The van der Waals surface area contributed by atoms with E-state index in [9.17, 15) is 19.8 Å². The van der Waals surface area contributed by atoms with Crippen LogP contribution in [-0.4, -0.2) is 67.7 Å². The van der Waals surface area contributed by atoms with Gasteiger partial charge in [0.25, 0.3) is 5.91 Å². The number of fused-ring (bicyclic) bond motifs is 2. The molecular formula is C33H39N5O4S2. The van der Waals surface area contributed by atoms with Crippen molar-refractivity contribution in [3.63, 3.8) is 0 Å². The second kappa shape index (κ2) is 12.6. The number of nitrogens with one attached hydrogen (secondary N) is 1. The average Bonchev–Trinajstić information content (AvgIpc) is 3.66. The van der Waals surface area contributed by atoms with Crippen molar-refractivity contribution in [2.24, 2.45) is 11.3 Å². The lowest BCUT2D eigenvalue weighted by atomic mass is 9.71. The molecule has 9 nitrogen and oxygen atoms in total. The summed E-state index contributed by atoms with van der Waals surface area (Å²) in [7, 11) is 0. The van der Waals surface area contributed by atoms with Crippen LogP contribution in [0, 0.1) is 11.3 Å². The molecule has 1 amide bonds. The van der Waals surface area contributed by atoms with E-state index in [2.05, 4.69) is 42.0 Å². The van der Waals surface area contributed by atoms with Crippen LogP contribution in [0.25, 0.3) is 21.6 Å². The summed E-state index contributed by atoms with van der Waals surface area (Å²) < 4.78 is 0. The van der Waals surface area contributed by atoms with Crippen molar-refractivity contribution in [2.75, 3.05) is 19.6 Å². The maximum atomic E-state index is 13.6. The van der Waals surface area contributed by atoms with Crippen LogP contribution >= 0.6 is 22.7 Å². The SMILES string of the molecule is CC(C)(C)[C@H]1CCc2nc3sc(C(=O)N[C@H](CCN4CCC(O)CC4)c4ccc(-c5csc(C(=O)O)c5)nc4)nc3cc2C1. The first-order chi connectivity index (χ1) is 21.0. The summed E-state index contributed by atoms with van der Waals surface area (Å²) >= 11 is 2.51. The molecule has 1 fully saturated rings. The molecule has 0 bridgehead atoms. The number of aryl methyl sites for hydroxylation is 1. The van der Waals surface area contributed by atoms with Gasteiger partial charge in [0, 0.05) is 42.5 Å². The van der Waals surface area contributed by atoms with Crippen molar-refractivity contribution >= 4 is 44.9 Å². The number of carbonyl (C=O) groups excluding carboxylic acids is 1. The topological polar surface area (TPSA) is 129 Å². The molecule has 1 aliphatic heterocycles. The lowest BCUT2D eigenvalue weighted by molar-refractivity contribution is 0.0701. The van der Waals surface area contributed by atoms with Gasteiger partial charge in [-0.05, 0) is 79.2 Å². The Labute approximate surface area is 265 Å². The molecule has 0 unspecified atom stereocenters. The zero-order chi connectivity index (χ0) is 31.0. The normalized spacial score (nSPS) is 18.7. The third kappa shape index (κ3) is 6.86. The number of likely N-dealkylation sites (tertiary alicyclic amines) is 1. The zero-order valence-electron chi connectivity index (χ0n) is 25.4. The molecule has 1 aliphatic carbocycles. The fourth-order valence-electron chi connectivity index (χ4n) is 6.21. The smallest absolute Gasteiger partial charge is 0.345 e. The first kappa shape index (κ1) is 30.8. The molecule has 0 saturated carbocycles. The van der Waals surface area contributed by atoms with Crippen molar-refractivity contribution in [3.05, 3.63) is 62.5 Å². The first-order valence-electron chi connectivity index (χ1n) is 15.3. The maximum absolute atomic E-state index is 13.6. The monoisotopic (exact) mass is 633 g/mol. The summed E-state index contributed by atoms with van der Waals surface area (Å²) in [5.41, 5.74) is 5.70. The molecule has 0 aromatic carbocycles. The standard InChI is InChI=1S/C33H39N5O4S2/c1-33(2,3)22-5-7-25-20(14-22)15-27-30(36-25)44-31(37-27)29(40)35-26(10-13-38-11-8-23(39)9-12-38)19-4-6-24(34-17-19)21-16-28(32(41)42)43-18-21/h4,6,15-18,22-23,26,39H,5,7-14H2,1-3H3,(H,35,40)(H,41,42)/t22-,26+/m0/s1. The molecule has 232 valence electrons. The number of piperidine rings is 1. The van der Waals surface area contributed by atoms with E-state index in [0.717, 1.165) is 78.9 Å². The number of carboxylic acid groups (broad SMARTS) is 1. The Bertz CT molecular complexity index is 1650. The van der Waals surface area contributed by atoms with Crippen LogP contribution in [0.15, 0.2) is 35.8 Å². The number of carbonyl (C=O) groups is 2. The predicted molar refractivity (Wildman–Crippen MR) is 173 cm³/mol. The maximum Gasteiger partial charge on any atom is 0.345 e. The van der Waals surface area contributed by atoms with E-state index < -0.39 is 5.97 Å². The van der Waals surface area contributed by atoms with Gasteiger partial charge in [0.1, 0.15) is 15.2 Å². The molecule has 11 heteroatoms. The van der Waals surface area contributed by atoms with Gasteiger partial charge in [0.2, 0.25) is 0 Å². The Hall–Kier alpha value is -3.25. The van der Waals surface area contributed by atoms with E-state index in [-0.39, 0.29) is 28.3 Å². The number of aromatic carboxylic acids is 1. The molecule has 44 heavy (non-hydrogen) atoms. The Morgan fingerprint density at radius 3 is 2.61 bits per heavy atom.